The Morgan fingerprint density at radius 2 is 2.25 bits per heavy atom. The Morgan fingerprint density at radius 1 is 1.43 bits per heavy atom. The first kappa shape index (κ1) is 18.6. The molecule has 1 saturated carbocycles. The lowest BCUT2D eigenvalue weighted by Crippen LogP contribution is -2.40. The van der Waals surface area contributed by atoms with Crippen molar-refractivity contribution in [3.05, 3.63) is 29.6 Å². The largest absolute Gasteiger partial charge is 0.438 e. The predicted molar refractivity (Wildman–Crippen MR) is 94.4 cm³/mol. The molecule has 4 rings (SSSR count). The minimum atomic E-state index is -0.473. The fraction of sp³-hybridized carbons (Fsp3) is 0.611. The Bertz CT molecular complexity index is 893. The lowest BCUT2D eigenvalue weighted by atomic mass is 9.80. The van der Waals surface area contributed by atoms with E-state index >= 15 is 0 Å². The zero-order valence-electron chi connectivity index (χ0n) is 16.1. The third-order valence-electron chi connectivity index (χ3n) is 5.74. The van der Waals surface area contributed by atoms with Crippen LogP contribution in [0, 0.1) is 19.8 Å². The highest BCUT2D eigenvalue weighted by Crippen LogP contribution is 2.50. The third-order valence-corrected chi connectivity index (χ3v) is 5.74. The Kier molecular flexibility index (Phi) is 4.66. The van der Waals surface area contributed by atoms with Gasteiger partial charge in [-0.2, -0.15) is 4.98 Å². The summed E-state index contributed by atoms with van der Waals surface area (Å²) in [5.41, 5.74) is 0.0771. The van der Waals surface area contributed by atoms with Crippen LogP contribution in [-0.4, -0.2) is 64.7 Å². The van der Waals surface area contributed by atoms with Crippen LogP contribution in [0.4, 0.5) is 0 Å². The van der Waals surface area contributed by atoms with Gasteiger partial charge in [0.15, 0.2) is 12.2 Å². The molecule has 2 aromatic rings. The van der Waals surface area contributed by atoms with Gasteiger partial charge in [-0.15, -0.1) is 0 Å². The maximum Gasteiger partial charge on any atom is 0.289 e. The molecule has 1 N–H and O–H groups in total. The zero-order valence-corrected chi connectivity index (χ0v) is 16.1. The molecule has 1 aliphatic carbocycles. The van der Waals surface area contributed by atoms with Crippen LogP contribution >= 0.6 is 0 Å². The molecular weight excluding hydrogens is 366 g/mol. The molecule has 0 unspecified atom stereocenters. The van der Waals surface area contributed by atoms with E-state index in [2.05, 4.69) is 20.4 Å². The van der Waals surface area contributed by atoms with Crippen molar-refractivity contribution < 1.29 is 23.3 Å². The summed E-state index contributed by atoms with van der Waals surface area (Å²) in [6.07, 6.45) is 2.57. The molecule has 28 heavy (non-hydrogen) atoms. The van der Waals surface area contributed by atoms with E-state index in [9.17, 15) is 9.59 Å². The van der Waals surface area contributed by atoms with Crippen molar-refractivity contribution in [1.82, 2.24) is 25.3 Å². The SMILES string of the molecule is COCC(=O)N1C[C@@H]2C[C@@H](NC(=O)c3ocnc3C)C[C@]2(c2nc(C)no2)C1. The number of aryl methyl sites for hydroxylation is 2. The van der Waals surface area contributed by atoms with Crippen molar-refractivity contribution in [2.45, 2.75) is 38.1 Å². The molecule has 2 fully saturated rings. The predicted octanol–water partition coefficient (Wildman–Crippen LogP) is 0.609. The monoisotopic (exact) mass is 389 g/mol. The molecule has 3 atom stereocenters. The molecule has 0 radical (unpaired) electrons. The van der Waals surface area contributed by atoms with Gasteiger partial charge in [0.05, 0.1) is 11.1 Å². The van der Waals surface area contributed by atoms with E-state index in [1.165, 1.54) is 13.5 Å². The maximum atomic E-state index is 12.5. The smallest absolute Gasteiger partial charge is 0.289 e. The highest BCUT2D eigenvalue weighted by molar-refractivity contribution is 5.92. The first-order valence-corrected chi connectivity index (χ1v) is 9.21. The quantitative estimate of drug-likeness (QED) is 0.789. The molecule has 1 aliphatic heterocycles. The number of aromatic nitrogens is 3. The van der Waals surface area contributed by atoms with Gasteiger partial charge in [-0.25, -0.2) is 4.98 Å². The lowest BCUT2D eigenvalue weighted by Gasteiger charge is -2.25. The van der Waals surface area contributed by atoms with Gasteiger partial charge in [0.2, 0.25) is 17.6 Å². The molecule has 0 aromatic carbocycles. The van der Waals surface area contributed by atoms with Crippen molar-refractivity contribution >= 4 is 11.8 Å². The molecule has 150 valence electrons. The number of fused-ring (bicyclic) bond motifs is 1. The number of methoxy groups -OCH3 is 1. The molecule has 10 heteroatoms. The molecule has 0 bridgehead atoms. The van der Waals surface area contributed by atoms with E-state index in [-0.39, 0.29) is 36.1 Å². The number of nitrogens with zero attached hydrogens (tertiary/aromatic N) is 4. The van der Waals surface area contributed by atoms with Crippen LogP contribution < -0.4 is 5.32 Å². The van der Waals surface area contributed by atoms with Gasteiger partial charge in [-0.3, -0.25) is 9.59 Å². The van der Waals surface area contributed by atoms with Crippen molar-refractivity contribution in [1.29, 1.82) is 0 Å². The first-order chi connectivity index (χ1) is 13.4. The van der Waals surface area contributed by atoms with Crippen molar-refractivity contribution in [2.24, 2.45) is 5.92 Å². The number of oxazole rings is 1. The Morgan fingerprint density at radius 3 is 2.89 bits per heavy atom. The number of hydrogen-bond acceptors (Lipinski definition) is 8. The van der Waals surface area contributed by atoms with Crippen LogP contribution in [0.1, 0.15) is 40.8 Å². The molecule has 2 aromatic heterocycles. The van der Waals surface area contributed by atoms with Crippen LogP contribution in [0.25, 0.3) is 0 Å². The van der Waals surface area contributed by atoms with Gasteiger partial charge >= 0.3 is 0 Å². The minimum absolute atomic E-state index is 0.0383. The Balaban J connectivity index is 1.55. The van der Waals surface area contributed by atoms with E-state index in [1.54, 1.807) is 18.7 Å². The van der Waals surface area contributed by atoms with Crippen LogP contribution in [0.15, 0.2) is 15.3 Å². The summed E-state index contributed by atoms with van der Waals surface area (Å²) in [4.78, 5) is 35.1. The molecule has 10 nitrogen and oxygen atoms in total. The van der Waals surface area contributed by atoms with Crippen molar-refractivity contribution in [3.63, 3.8) is 0 Å². The number of nitrogens with one attached hydrogen (secondary N) is 1. The summed E-state index contributed by atoms with van der Waals surface area (Å²) < 4.78 is 15.7. The molecule has 2 amide bonds. The number of rotatable bonds is 5. The van der Waals surface area contributed by atoms with E-state index in [4.69, 9.17) is 13.7 Å². The fourth-order valence-electron chi connectivity index (χ4n) is 4.49. The number of hydrogen-bond donors (Lipinski definition) is 1. The van der Waals surface area contributed by atoms with E-state index in [0.717, 1.165) is 0 Å². The van der Waals surface area contributed by atoms with E-state index in [0.29, 0.717) is 43.3 Å². The molecule has 3 heterocycles. The minimum Gasteiger partial charge on any atom is -0.438 e. The fourth-order valence-corrected chi connectivity index (χ4v) is 4.49. The van der Waals surface area contributed by atoms with Crippen LogP contribution in [0.3, 0.4) is 0 Å². The van der Waals surface area contributed by atoms with Gasteiger partial charge in [0.25, 0.3) is 5.91 Å². The number of likely N-dealkylation sites (tertiary alicyclic amines) is 1. The van der Waals surface area contributed by atoms with Gasteiger partial charge in [-0.1, -0.05) is 5.16 Å². The van der Waals surface area contributed by atoms with Gasteiger partial charge in [-0.05, 0) is 32.6 Å². The summed E-state index contributed by atoms with van der Waals surface area (Å²) in [5.74, 6) is 1.05. The van der Waals surface area contributed by atoms with Crippen LogP contribution in [0.2, 0.25) is 0 Å². The summed E-state index contributed by atoms with van der Waals surface area (Å²) in [6.45, 7) is 4.56. The van der Waals surface area contributed by atoms with Crippen molar-refractivity contribution in [3.8, 4) is 0 Å². The summed E-state index contributed by atoms with van der Waals surface area (Å²) >= 11 is 0. The summed E-state index contributed by atoms with van der Waals surface area (Å²) in [7, 11) is 1.50. The summed E-state index contributed by atoms with van der Waals surface area (Å²) in [5, 5.41) is 6.97. The van der Waals surface area contributed by atoms with E-state index in [1.807, 2.05) is 0 Å². The topological polar surface area (TPSA) is 124 Å². The Labute approximate surface area is 161 Å². The zero-order chi connectivity index (χ0) is 19.9. The summed E-state index contributed by atoms with van der Waals surface area (Å²) in [6, 6.07) is -0.0890. The molecular formula is C18H23N5O5. The number of carbonyl (C=O) groups is 2. The third kappa shape index (κ3) is 3.07. The second-order valence-electron chi connectivity index (χ2n) is 7.58. The highest BCUT2D eigenvalue weighted by atomic mass is 16.5. The van der Waals surface area contributed by atoms with E-state index < -0.39 is 5.41 Å². The molecule has 1 saturated heterocycles. The maximum absolute atomic E-state index is 12.5. The van der Waals surface area contributed by atoms with Crippen LogP contribution in [0.5, 0.6) is 0 Å². The average Bonchev–Trinajstić information content (AvgIpc) is 3.38. The van der Waals surface area contributed by atoms with Crippen LogP contribution in [-0.2, 0) is 14.9 Å². The second kappa shape index (κ2) is 7.01. The van der Waals surface area contributed by atoms with Gasteiger partial charge < -0.3 is 23.9 Å². The van der Waals surface area contributed by atoms with Crippen molar-refractivity contribution in [2.75, 3.05) is 26.8 Å². The first-order valence-electron chi connectivity index (χ1n) is 9.21. The standard InChI is InChI=1S/C18H23N5O5/c1-10-15(27-9-19-10)16(25)21-13-4-12-6-23(14(24)7-26-3)8-18(12,5-13)17-20-11(2)22-28-17/h9,12-13H,4-8H2,1-3H3,(H,21,25)/t12-,13+,18-/m0/s1. The van der Waals surface area contributed by atoms with Gasteiger partial charge in [0.1, 0.15) is 6.61 Å². The number of carbonyl (C=O) groups excluding carboxylic acids is 2. The highest BCUT2D eigenvalue weighted by Gasteiger charge is 2.58. The number of amides is 2. The normalized spacial score (nSPS) is 26.5. The lowest BCUT2D eigenvalue weighted by molar-refractivity contribution is -0.134. The average molecular weight is 389 g/mol. The molecule has 2 aliphatic rings. The Hall–Kier alpha value is -2.75. The number of ether oxygens (including phenoxy) is 1. The van der Waals surface area contributed by atoms with Gasteiger partial charge in [0, 0.05) is 26.2 Å². The molecule has 0 spiro atoms. The second-order valence-corrected chi connectivity index (χ2v) is 7.58.